The molecule has 0 amide bonds. The first-order valence-electron chi connectivity index (χ1n) is 7.00. The molecule has 1 aromatic heterocycles. The molecule has 0 radical (unpaired) electrons. The van der Waals surface area contributed by atoms with Gasteiger partial charge in [0.1, 0.15) is 5.75 Å². The molecule has 0 spiro atoms. The van der Waals surface area contributed by atoms with E-state index < -0.39 is 0 Å². The predicted molar refractivity (Wildman–Crippen MR) is 80.7 cm³/mol. The molecule has 0 aliphatic heterocycles. The maximum atomic E-state index is 5.96. The molecule has 0 saturated heterocycles. The standard InChI is InChI=1S/C16H24N2O/c1-5-19-12-6-7-16-13(8-12)15(10-18(16)4)14(9-17)11(2)3/h6-8,10-11,14H,5,9,17H2,1-4H3. The molecule has 0 saturated carbocycles. The lowest BCUT2D eigenvalue weighted by Crippen LogP contribution is -2.17. The fraction of sp³-hybridized carbons (Fsp3) is 0.500. The van der Waals surface area contributed by atoms with Crippen molar-refractivity contribution in [3.8, 4) is 5.75 Å². The number of hydrogen-bond acceptors (Lipinski definition) is 2. The van der Waals surface area contributed by atoms with E-state index in [0.29, 0.717) is 25.0 Å². The van der Waals surface area contributed by atoms with E-state index in [-0.39, 0.29) is 0 Å². The van der Waals surface area contributed by atoms with Crippen LogP contribution in [0.3, 0.4) is 0 Å². The highest BCUT2D eigenvalue weighted by Gasteiger charge is 2.19. The van der Waals surface area contributed by atoms with E-state index in [1.165, 1.54) is 16.5 Å². The fourth-order valence-electron chi connectivity index (χ4n) is 2.71. The molecular weight excluding hydrogens is 236 g/mol. The Labute approximate surface area is 115 Å². The molecule has 19 heavy (non-hydrogen) atoms. The Bertz CT molecular complexity index is 557. The SMILES string of the molecule is CCOc1ccc2c(c1)c(C(CN)C(C)C)cn2C. The summed E-state index contributed by atoms with van der Waals surface area (Å²) in [7, 11) is 2.08. The first kappa shape index (κ1) is 13.9. The molecule has 0 aliphatic rings. The Hall–Kier alpha value is -1.48. The number of aromatic nitrogens is 1. The minimum atomic E-state index is 0.389. The molecule has 3 nitrogen and oxygen atoms in total. The predicted octanol–water partition coefficient (Wildman–Crippen LogP) is 3.28. The number of rotatable bonds is 5. The largest absolute Gasteiger partial charge is 0.494 e. The molecule has 1 heterocycles. The van der Waals surface area contributed by atoms with Crippen LogP contribution in [0, 0.1) is 5.92 Å². The van der Waals surface area contributed by atoms with Crippen molar-refractivity contribution in [1.29, 1.82) is 0 Å². The quantitative estimate of drug-likeness (QED) is 0.896. The molecule has 1 unspecified atom stereocenters. The summed E-state index contributed by atoms with van der Waals surface area (Å²) in [5, 5.41) is 1.26. The van der Waals surface area contributed by atoms with Gasteiger partial charge in [-0.2, -0.15) is 0 Å². The number of ether oxygens (including phenoxy) is 1. The van der Waals surface area contributed by atoms with E-state index >= 15 is 0 Å². The smallest absolute Gasteiger partial charge is 0.120 e. The Balaban J connectivity index is 2.56. The summed E-state index contributed by atoms with van der Waals surface area (Å²) in [4.78, 5) is 0. The van der Waals surface area contributed by atoms with Crippen LogP contribution in [-0.2, 0) is 7.05 Å². The third kappa shape index (κ3) is 2.61. The van der Waals surface area contributed by atoms with Crippen LogP contribution in [0.5, 0.6) is 5.75 Å². The van der Waals surface area contributed by atoms with Gasteiger partial charge in [0.2, 0.25) is 0 Å². The Kier molecular flexibility index (Phi) is 4.15. The number of aryl methyl sites for hydroxylation is 1. The summed E-state index contributed by atoms with van der Waals surface area (Å²) in [5.41, 5.74) is 8.53. The highest BCUT2D eigenvalue weighted by atomic mass is 16.5. The molecule has 1 aromatic carbocycles. The van der Waals surface area contributed by atoms with E-state index in [0.717, 1.165) is 5.75 Å². The van der Waals surface area contributed by atoms with Gasteiger partial charge in [-0.25, -0.2) is 0 Å². The minimum absolute atomic E-state index is 0.389. The van der Waals surface area contributed by atoms with Crippen LogP contribution in [0.2, 0.25) is 0 Å². The molecular formula is C16H24N2O. The molecule has 0 aliphatic carbocycles. The third-order valence-corrected chi connectivity index (χ3v) is 3.76. The van der Waals surface area contributed by atoms with Crippen LogP contribution in [0.4, 0.5) is 0 Å². The van der Waals surface area contributed by atoms with Crippen molar-refractivity contribution in [1.82, 2.24) is 4.57 Å². The lowest BCUT2D eigenvalue weighted by atomic mass is 9.88. The number of nitrogens with zero attached hydrogens (tertiary/aromatic N) is 1. The summed E-state index contributed by atoms with van der Waals surface area (Å²) in [5.74, 6) is 1.86. The van der Waals surface area contributed by atoms with Gasteiger partial charge in [0.05, 0.1) is 6.61 Å². The van der Waals surface area contributed by atoms with Crippen molar-refractivity contribution in [3.05, 3.63) is 30.0 Å². The van der Waals surface area contributed by atoms with E-state index in [2.05, 4.69) is 43.8 Å². The van der Waals surface area contributed by atoms with Gasteiger partial charge in [-0.1, -0.05) is 13.8 Å². The van der Waals surface area contributed by atoms with E-state index in [9.17, 15) is 0 Å². The zero-order valence-corrected chi connectivity index (χ0v) is 12.3. The average Bonchev–Trinajstić information content (AvgIpc) is 2.68. The molecule has 2 aromatic rings. The lowest BCUT2D eigenvalue weighted by molar-refractivity contribution is 0.340. The molecule has 2 rings (SSSR count). The topological polar surface area (TPSA) is 40.2 Å². The molecule has 0 bridgehead atoms. The summed E-state index contributed by atoms with van der Waals surface area (Å²) < 4.78 is 7.78. The third-order valence-electron chi connectivity index (χ3n) is 3.76. The minimum Gasteiger partial charge on any atom is -0.494 e. The summed E-state index contributed by atoms with van der Waals surface area (Å²) in [6, 6.07) is 6.29. The lowest BCUT2D eigenvalue weighted by Gasteiger charge is -2.18. The van der Waals surface area contributed by atoms with Crippen LogP contribution < -0.4 is 10.5 Å². The Morgan fingerprint density at radius 1 is 1.32 bits per heavy atom. The van der Waals surface area contributed by atoms with Gasteiger partial charge < -0.3 is 15.0 Å². The normalized spacial score (nSPS) is 13.2. The van der Waals surface area contributed by atoms with Gasteiger partial charge in [0.15, 0.2) is 0 Å². The van der Waals surface area contributed by atoms with Crippen LogP contribution >= 0.6 is 0 Å². The van der Waals surface area contributed by atoms with Crippen molar-refractivity contribution in [3.63, 3.8) is 0 Å². The van der Waals surface area contributed by atoms with Crippen LogP contribution in [0.15, 0.2) is 24.4 Å². The number of benzene rings is 1. The molecule has 2 N–H and O–H groups in total. The van der Waals surface area contributed by atoms with Crippen molar-refractivity contribution >= 4 is 10.9 Å². The monoisotopic (exact) mass is 260 g/mol. The first-order valence-corrected chi connectivity index (χ1v) is 7.00. The highest BCUT2D eigenvalue weighted by Crippen LogP contribution is 2.33. The van der Waals surface area contributed by atoms with E-state index in [1.807, 2.05) is 13.0 Å². The zero-order chi connectivity index (χ0) is 14.0. The van der Waals surface area contributed by atoms with Gasteiger partial charge in [-0.3, -0.25) is 0 Å². The van der Waals surface area contributed by atoms with Gasteiger partial charge in [-0.15, -0.1) is 0 Å². The maximum Gasteiger partial charge on any atom is 0.120 e. The van der Waals surface area contributed by atoms with Crippen molar-refractivity contribution in [2.45, 2.75) is 26.7 Å². The summed E-state index contributed by atoms with van der Waals surface area (Å²) in [6.45, 7) is 7.83. The molecule has 1 atom stereocenters. The average molecular weight is 260 g/mol. The van der Waals surface area contributed by atoms with Crippen molar-refractivity contribution < 1.29 is 4.74 Å². The summed E-state index contributed by atoms with van der Waals surface area (Å²) >= 11 is 0. The summed E-state index contributed by atoms with van der Waals surface area (Å²) in [6.07, 6.45) is 2.21. The van der Waals surface area contributed by atoms with Crippen LogP contribution in [0.1, 0.15) is 32.3 Å². The Morgan fingerprint density at radius 3 is 2.63 bits per heavy atom. The van der Waals surface area contributed by atoms with Gasteiger partial charge in [0, 0.05) is 30.1 Å². The second kappa shape index (κ2) is 5.66. The van der Waals surface area contributed by atoms with Crippen molar-refractivity contribution in [2.75, 3.05) is 13.2 Å². The van der Waals surface area contributed by atoms with Crippen LogP contribution in [0.25, 0.3) is 10.9 Å². The van der Waals surface area contributed by atoms with E-state index in [1.54, 1.807) is 0 Å². The zero-order valence-electron chi connectivity index (χ0n) is 12.3. The van der Waals surface area contributed by atoms with Gasteiger partial charge >= 0.3 is 0 Å². The number of nitrogens with two attached hydrogens (primary N) is 1. The second-order valence-electron chi connectivity index (χ2n) is 5.39. The molecule has 3 heteroatoms. The van der Waals surface area contributed by atoms with E-state index in [4.69, 9.17) is 10.5 Å². The van der Waals surface area contributed by atoms with Crippen LogP contribution in [-0.4, -0.2) is 17.7 Å². The number of fused-ring (bicyclic) bond motifs is 1. The van der Waals surface area contributed by atoms with Gasteiger partial charge in [0.25, 0.3) is 0 Å². The Morgan fingerprint density at radius 2 is 2.05 bits per heavy atom. The first-order chi connectivity index (χ1) is 9.08. The number of hydrogen-bond donors (Lipinski definition) is 1. The van der Waals surface area contributed by atoms with Crippen molar-refractivity contribution in [2.24, 2.45) is 18.7 Å². The molecule has 104 valence electrons. The second-order valence-corrected chi connectivity index (χ2v) is 5.39. The maximum absolute atomic E-state index is 5.96. The highest BCUT2D eigenvalue weighted by molar-refractivity contribution is 5.86. The molecule has 0 fully saturated rings. The fourth-order valence-corrected chi connectivity index (χ4v) is 2.71. The van der Waals surface area contributed by atoms with Gasteiger partial charge in [-0.05, 0) is 43.1 Å².